The van der Waals surface area contributed by atoms with Gasteiger partial charge < -0.3 is 15.1 Å². The third-order valence-electron chi connectivity index (χ3n) is 6.01. The quantitative estimate of drug-likeness (QED) is 0.883. The third-order valence-corrected chi connectivity index (χ3v) is 6.01. The highest BCUT2D eigenvalue weighted by atomic mass is 19.1. The number of rotatable bonds is 3. The molecule has 1 unspecified atom stereocenters. The number of anilines is 1. The highest BCUT2D eigenvalue weighted by molar-refractivity contribution is 5.74. The Morgan fingerprint density at radius 1 is 1.15 bits per heavy atom. The second-order valence-electron chi connectivity index (χ2n) is 7.61. The van der Waals surface area contributed by atoms with Crippen LogP contribution >= 0.6 is 0 Å². The summed E-state index contributed by atoms with van der Waals surface area (Å²) in [7, 11) is 0. The molecule has 0 saturated carbocycles. The molecular formula is C22H26FN3O. The normalized spacial score (nSPS) is 21.0. The van der Waals surface area contributed by atoms with Crippen LogP contribution in [0.4, 0.5) is 14.9 Å². The van der Waals surface area contributed by atoms with E-state index in [0.717, 1.165) is 38.2 Å². The monoisotopic (exact) mass is 367 g/mol. The lowest BCUT2D eigenvalue weighted by Crippen LogP contribution is -2.63. The minimum Gasteiger partial charge on any atom is -0.363 e. The van der Waals surface area contributed by atoms with E-state index >= 15 is 0 Å². The number of piperidine rings is 1. The van der Waals surface area contributed by atoms with Crippen LogP contribution in [-0.2, 0) is 0 Å². The molecule has 4 rings (SSSR count). The van der Waals surface area contributed by atoms with Gasteiger partial charge in [0.05, 0.1) is 6.04 Å². The molecule has 142 valence electrons. The first-order valence-electron chi connectivity index (χ1n) is 9.73. The third kappa shape index (κ3) is 3.27. The molecular weight excluding hydrogens is 341 g/mol. The van der Waals surface area contributed by atoms with E-state index in [4.69, 9.17) is 0 Å². The number of urea groups is 1. The van der Waals surface area contributed by atoms with Gasteiger partial charge in [-0.05, 0) is 43.5 Å². The fourth-order valence-electron chi connectivity index (χ4n) is 4.65. The van der Waals surface area contributed by atoms with E-state index in [2.05, 4.69) is 34.5 Å². The zero-order valence-electron chi connectivity index (χ0n) is 15.7. The van der Waals surface area contributed by atoms with Crippen LogP contribution in [0, 0.1) is 11.2 Å². The van der Waals surface area contributed by atoms with Gasteiger partial charge in [0.15, 0.2) is 0 Å². The molecule has 1 spiro atoms. The van der Waals surface area contributed by atoms with Crippen LogP contribution in [0.3, 0.4) is 0 Å². The smallest absolute Gasteiger partial charge is 0.317 e. The van der Waals surface area contributed by atoms with E-state index in [-0.39, 0.29) is 23.3 Å². The molecule has 0 aromatic heterocycles. The molecule has 2 amide bonds. The Kier molecular flexibility index (Phi) is 4.77. The lowest BCUT2D eigenvalue weighted by molar-refractivity contribution is 0.0437. The van der Waals surface area contributed by atoms with Gasteiger partial charge in [-0.1, -0.05) is 36.4 Å². The van der Waals surface area contributed by atoms with Crippen LogP contribution in [-0.4, -0.2) is 37.1 Å². The predicted molar refractivity (Wildman–Crippen MR) is 105 cm³/mol. The van der Waals surface area contributed by atoms with E-state index in [1.54, 1.807) is 12.1 Å². The van der Waals surface area contributed by atoms with Gasteiger partial charge in [0.2, 0.25) is 0 Å². The van der Waals surface area contributed by atoms with Crippen molar-refractivity contribution in [1.82, 2.24) is 10.2 Å². The van der Waals surface area contributed by atoms with Gasteiger partial charge in [-0.2, -0.15) is 0 Å². The molecule has 4 nitrogen and oxygen atoms in total. The van der Waals surface area contributed by atoms with Crippen molar-refractivity contribution in [3.05, 3.63) is 66.0 Å². The molecule has 2 fully saturated rings. The van der Waals surface area contributed by atoms with Gasteiger partial charge in [0.1, 0.15) is 5.82 Å². The molecule has 2 heterocycles. The van der Waals surface area contributed by atoms with E-state index in [1.807, 2.05) is 24.0 Å². The molecule has 1 N–H and O–H groups in total. The number of nitrogens with zero attached hydrogens (tertiary/aromatic N) is 2. The average Bonchev–Trinajstić information content (AvgIpc) is 2.67. The summed E-state index contributed by atoms with van der Waals surface area (Å²) in [5, 5.41) is 2.90. The maximum Gasteiger partial charge on any atom is 0.317 e. The van der Waals surface area contributed by atoms with Crippen LogP contribution in [0.1, 0.15) is 31.4 Å². The second-order valence-corrected chi connectivity index (χ2v) is 7.61. The first kappa shape index (κ1) is 17.8. The Hall–Kier alpha value is -2.56. The highest BCUT2D eigenvalue weighted by Crippen LogP contribution is 2.56. The molecule has 0 bridgehead atoms. The van der Waals surface area contributed by atoms with Crippen LogP contribution in [0.25, 0.3) is 0 Å². The fourth-order valence-corrected chi connectivity index (χ4v) is 4.65. The van der Waals surface area contributed by atoms with Crippen molar-refractivity contribution in [2.75, 3.05) is 31.1 Å². The molecule has 0 radical (unpaired) electrons. The van der Waals surface area contributed by atoms with Crippen molar-refractivity contribution >= 4 is 11.7 Å². The van der Waals surface area contributed by atoms with E-state index in [0.29, 0.717) is 6.54 Å². The molecule has 2 aliphatic rings. The molecule has 2 aromatic rings. The summed E-state index contributed by atoms with van der Waals surface area (Å²) in [5.74, 6) is -0.202. The van der Waals surface area contributed by atoms with Gasteiger partial charge in [-0.15, -0.1) is 0 Å². The minimum absolute atomic E-state index is 0.0323. The zero-order valence-corrected chi connectivity index (χ0v) is 15.7. The molecule has 2 saturated heterocycles. The summed E-state index contributed by atoms with van der Waals surface area (Å²) >= 11 is 0. The number of hydrogen-bond acceptors (Lipinski definition) is 2. The number of benzene rings is 2. The molecule has 27 heavy (non-hydrogen) atoms. The molecule has 0 aliphatic carbocycles. The number of hydrogen-bond donors (Lipinski definition) is 1. The second kappa shape index (κ2) is 7.22. The molecule has 5 heteroatoms. The Bertz CT molecular complexity index is 802. The first-order valence-corrected chi connectivity index (χ1v) is 9.73. The SMILES string of the molecule is CCNC(=O)N1CCC2(CC1)CN(c1cccc(F)c1)C2c1ccccc1. The van der Waals surface area contributed by atoms with Crippen molar-refractivity contribution in [2.45, 2.75) is 25.8 Å². The lowest BCUT2D eigenvalue weighted by Gasteiger charge is -2.61. The maximum atomic E-state index is 13.8. The van der Waals surface area contributed by atoms with Crippen molar-refractivity contribution in [3.63, 3.8) is 0 Å². The topological polar surface area (TPSA) is 35.6 Å². The molecule has 1 atom stereocenters. The van der Waals surface area contributed by atoms with Gasteiger partial charge in [0, 0.05) is 37.3 Å². The number of amides is 2. The Morgan fingerprint density at radius 3 is 2.56 bits per heavy atom. The fraction of sp³-hybridized carbons (Fsp3) is 0.409. The maximum absolute atomic E-state index is 13.8. The van der Waals surface area contributed by atoms with Crippen LogP contribution in [0.2, 0.25) is 0 Å². The Labute approximate surface area is 160 Å². The summed E-state index contributed by atoms with van der Waals surface area (Å²) in [4.78, 5) is 16.4. The summed E-state index contributed by atoms with van der Waals surface area (Å²) in [6, 6.07) is 17.6. The van der Waals surface area contributed by atoms with Crippen molar-refractivity contribution < 1.29 is 9.18 Å². The Balaban J connectivity index is 1.58. The lowest BCUT2D eigenvalue weighted by atomic mass is 9.63. The van der Waals surface area contributed by atoms with Crippen LogP contribution < -0.4 is 10.2 Å². The van der Waals surface area contributed by atoms with Gasteiger partial charge >= 0.3 is 6.03 Å². The van der Waals surface area contributed by atoms with E-state index in [1.165, 1.54) is 11.6 Å². The summed E-state index contributed by atoms with van der Waals surface area (Å²) < 4.78 is 13.8. The number of carbonyl (C=O) groups excluding carboxylic acids is 1. The minimum atomic E-state index is -0.202. The number of likely N-dealkylation sites (tertiary alicyclic amines) is 1. The first-order chi connectivity index (χ1) is 13.1. The number of carbonyl (C=O) groups is 1. The van der Waals surface area contributed by atoms with Crippen molar-refractivity contribution in [3.8, 4) is 0 Å². The average molecular weight is 367 g/mol. The predicted octanol–water partition coefficient (Wildman–Crippen LogP) is 4.20. The van der Waals surface area contributed by atoms with Crippen molar-refractivity contribution in [1.29, 1.82) is 0 Å². The molecule has 2 aromatic carbocycles. The van der Waals surface area contributed by atoms with E-state index < -0.39 is 0 Å². The zero-order chi connectivity index (χ0) is 18.9. The summed E-state index contributed by atoms with van der Waals surface area (Å²) in [6.07, 6.45) is 1.94. The number of nitrogens with one attached hydrogen (secondary N) is 1. The van der Waals surface area contributed by atoms with Crippen molar-refractivity contribution in [2.24, 2.45) is 5.41 Å². The van der Waals surface area contributed by atoms with Crippen LogP contribution in [0.5, 0.6) is 0 Å². The standard InChI is InChI=1S/C22H26FN3O/c1-2-24-21(27)25-13-11-22(12-14-25)16-26(19-10-6-9-18(23)15-19)20(22)17-7-4-3-5-8-17/h3-10,15,20H,2,11-14,16H2,1H3,(H,24,27). The van der Waals surface area contributed by atoms with Gasteiger partial charge in [-0.3, -0.25) is 0 Å². The largest absolute Gasteiger partial charge is 0.363 e. The van der Waals surface area contributed by atoms with Gasteiger partial charge in [-0.25, -0.2) is 9.18 Å². The summed E-state index contributed by atoms with van der Waals surface area (Å²) in [5.41, 5.74) is 2.33. The molecule has 2 aliphatic heterocycles. The summed E-state index contributed by atoms with van der Waals surface area (Å²) in [6.45, 7) is 5.04. The number of halogens is 1. The van der Waals surface area contributed by atoms with Crippen LogP contribution in [0.15, 0.2) is 54.6 Å². The highest BCUT2D eigenvalue weighted by Gasteiger charge is 2.54. The van der Waals surface area contributed by atoms with Gasteiger partial charge in [0.25, 0.3) is 0 Å². The van der Waals surface area contributed by atoms with E-state index in [9.17, 15) is 9.18 Å². The Morgan fingerprint density at radius 2 is 1.89 bits per heavy atom.